The van der Waals surface area contributed by atoms with Crippen LogP contribution in [0.3, 0.4) is 0 Å². The molecule has 0 saturated heterocycles. The molecule has 0 fully saturated rings. The van der Waals surface area contributed by atoms with Crippen molar-refractivity contribution in [2.45, 2.75) is 0 Å². The van der Waals surface area contributed by atoms with E-state index in [1.54, 1.807) is 30.3 Å². The second kappa shape index (κ2) is 7.98. The normalized spacial score (nSPS) is 9.91. The Balaban J connectivity index is 1.82. The van der Waals surface area contributed by atoms with E-state index in [1.807, 2.05) is 18.2 Å². The molecule has 0 saturated carbocycles. The third kappa shape index (κ3) is 5.18. The van der Waals surface area contributed by atoms with Gasteiger partial charge >= 0.3 is 0 Å². The number of hydrogen-bond acceptors (Lipinski definition) is 3. The summed E-state index contributed by atoms with van der Waals surface area (Å²) < 4.78 is 5.32. The molecule has 0 aliphatic rings. The van der Waals surface area contributed by atoms with Gasteiger partial charge in [-0.3, -0.25) is 10.1 Å². The van der Waals surface area contributed by atoms with Crippen LogP contribution in [0.2, 0.25) is 10.0 Å². The minimum absolute atomic E-state index is 0.130. The van der Waals surface area contributed by atoms with Crippen molar-refractivity contribution in [1.82, 2.24) is 5.32 Å². The number of para-hydroxylation sites is 1. The Morgan fingerprint density at radius 2 is 1.86 bits per heavy atom. The monoisotopic (exact) mass is 354 g/mol. The van der Waals surface area contributed by atoms with Crippen LogP contribution < -0.4 is 15.4 Å². The lowest BCUT2D eigenvalue weighted by atomic mass is 10.3. The first-order valence-electron chi connectivity index (χ1n) is 6.28. The quantitative estimate of drug-likeness (QED) is 0.818. The predicted octanol–water partition coefficient (Wildman–Crippen LogP) is 3.89. The molecule has 0 heterocycles. The molecule has 2 rings (SSSR count). The van der Waals surface area contributed by atoms with Crippen LogP contribution in [-0.4, -0.2) is 17.6 Å². The molecule has 22 heavy (non-hydrogen) atoms. The van der Waals surface area contributed by atoms with Gasteiger partial charge in [-0.1, -0.05) is 41.4 Å². The molecule has 4 nitrogen and oxygen atoms in total. The average molecular weight is 355 g/mol. The van der Waals surface area contributed by atoms with E-state index >= 15 is 0 Å². The van der Waals surface area contributed by atoms with E-state index in [2.05, 4.69) is 10.6 Å². The van der Waals surface area contributed by atoms with E-state index in [0.717, 1.165) is 0 Å². The Kier molecular flexibility index (Phi) is 6.00. The third-order valence-electron chi connectivity index (χ3n) is 2.55. The second-order valence-electron chi connectivity index (χ2n) is 4.23. The van der Waals surface area contributed by atoms with E-state index in [1.165, 1.54) is 0 Å². The molecule has 2 aromatic carbocycles. The first-order valence-corrected chi connectivity index (χ1v) is 7.45. The molecule has 7 heteroatoms. The zero-order chi connectivity index (χ0) is 15.9. The fourth-order valence-corrected chi connectivity index (χ4v) is 2.25. The minimum atomic E-state index is -0.369. The Bertz CT molecular complexity index is 680. The van der Waals surface area contributed by atoms with Gasteiger partial charge in [-0.2, -0.15) is 0 Å². The summed E-state index contributed by atoms with van der Waals surface area (Å²) in [7, 11) is 0. The van der Waals surface area contributed by atoms with Crippen molar-refractivity contribution in [3.63, 3.8) is 0 Å². The van der Waals surface area contributed by atoms with Crippen LogP contribution in [0.4, 0.5) is 5.69 Å². The van der Waals surface area contributed by atoms with Crippen molar-refractivity contribution < 1.29 is 9.53 Å². The van der Waals surface area contributed by atoms with Crippen LogP contribution in [0.15, 0.2) is 48.5 Å². The Morgan fingerprint density at radius 3 is 2.55 bits per heavy atom. The van der Waals surface area contributed by atoms with Crippen LogP contribution in [0.5, 0.6) is 5.75 Å². The lowest BCUT2D eigenvalue weighted by molar-refractivity contribution is -0.121. The summed E-state index contributed by atoms with van der Waals surface area (Å²) in [5.74, 6) is 0.240. The molecule has 0 atom stereocenters. The number of carbonyl (C=O) groups excluding carboxylic acids is 1. The number of hydrogen-bond donors (Lipinski definition) is 2. The molecule has 0 aromatic heterocycles. The summed E-state index contributed by atoms with van der Waals surface area (Å²) in [6, 6.07) is 13.9. The maximum Gasteiger partial charge on any atom is 0.264 e. The van der Waals surface area contributed by atoms with Gasteiger partial charge in [0.15, 0.2) is 11.7 Å². The van der Waals surface area contributed by atoms with E-state index in [9.17, 15) is 4.79 Å². The molecule has 0 spiro atoms. The second-order valence-corrected chi connectivity index (χ2v) is 5.48. The van der Waals surface area contributed by atoms with Crippen LogP contribution in [-0.2, 0) is 4.79 Å². The maximum atomic E-state index is 11.7. The first-order chi connectivity index (χ1) is 10.5. The Hall–Kier alpha value is -1.82. The maximum absolute atomic E-state index is 11.7. The third-order valence-corrected chi connectivity index (χ3v) is 3.30. The van der Waals surface area contributed by atoms with Crippen LogP contribution in [0.25, 0.3) is 0 Å². The summed E-state index contributed by atoms with van der Waals surface area (Å²) in [6.45, 7) is -0.139. The van der Waals surface area contributed by atoms with Gasteiger partial charge in [0.05, 0.1) is 10.7 Å². The highest BCUT2D eigenvalue weighted by atomic mass is 35.5. The zero-order valence-electron chi connectivity index (χ0n) is 11.3. The van der Waals surface area contributed by atoms with E-state index in [0.29, 0.717) is 21.5 Å². The molecule has 0 bridgehead atoms. The highest BCUT2D eigenvalue weighted by Gasteiger charge is 2.08. The molecule has 0 aliphatic heterocycles. The average Bonchev–Trinajstić information content (AvgIpc) is 2.49. The molecule has 0 unspecified atom stereocenters. The molecule has 114 valence electrons. The van der Waals surface area contributed by atoms with Gasteiger partial charge < -0.3 is 10.1 Å². The fraction of sp³-hybridized carbons (Fsp3) is 0.0667. The number of nitrogens with one attached hydrogen (secondary N) is 2. The Morgan fingerprint density at radius 1 is 1.14 bits per heavy atom. The van der Waals surface area contributed by atoms with Crippen molar-refractivity contribution in [1.29, 1.82) is 0 Å². The van der Waals surface area contributed by atoms with E-state index in [-0.39, 0.29) is 17.6 Å². The SMILES string of the molecule is O=C(COc1ccccc1)NC(=S)Nc1ccc(Cl)cc1Cl. The topological polar surface area (TPSA) is 50.4 Å². The number of amides is 1. The van der Waals surface area contributed by atoms with Crippen LogP contribution >= 0.6 is 35.4 Å². The highest BCUT2D eigenvalue weighted by molar-refractivity contribution is 7.80. The van der Waals surface area contributed by atoms with Gasteiger partial charge in [0.2, 0.25) is 0 Å². The fourth-order valence-electron chi connectivity index (χ4n) is 1.57. The van der Waals surface area contributed by atoms with E-state index in [4.69, 9.17) is 40.2 Å². The molecule has 2 N–H and O–H groups in total. The summed E-state index contributed by atoms with van der Waals surface area (Å²) in [5.41, 5.74) is 0.556. The number of ether oxygens (including phenoxy) is 1. The molecule has 0 radical (unpaired) electrons. The first kappa shape index (κ1) is 16.5. The lowest BCUT2D eigenvalue weighted by Crippen LogP contribution is -2.37. The van der Waals surface area contributed by atoms with Crippen molar-refractivity contribution in [3.05, 3.63) is 58.6 Å². The minimum Gasteiger partial charge on any atom is -0.484 e. The number of rotatable bonds is 4. The zero-order valence-corrected chi connectivity index (χ0v) is 13.6. The smallest absolute Gasteiger partial charge is 0.264 e. The number of anilines is 1. The van der Waals surface area contributed by atoms with Crippen molar-refractivity contribution >= 4 is 52.1 Å². The van der Waals surface area contributed by atoms with Crippen LogP contribution in [0, 0.1) is 0 Å². The van der Waals surface area contributed by atoms with E-state index < -0.39 is 0 Å². The van der Waals surface area contributed by atoms with Gasteiger partial charge in [-0.25, -0.2) is 0 Å². The van der Waals surface area contributed by atoms with Crippen LogP contribution in [0.1, 0.15) is 0 Å². The summed E-state index contributed by atoms with van der Waals surface area (Å²) in [6.07, 6.45) is 0. The Labute approximate surface area is 143 Å². The number of halogens is 2. The predicted molar refractivity (Wildman–Crippen MR) is 92.8 cm³/mol. The molecular formula is C15H12Cl2N2O2S. The summed E-state index contributed by atoms with van der Waals surface area (Å²) >= 11 is 16.9. The van der Waals surface area contributed by atoms with Crippen molar-refractivity contribution in [3.8, 4) is 5.75 Å². The van der Waals surface area contributed by atoms with Crippen molar-refractivity contribution in [2.24, 2.45) is 0 Å². The largest absolute Gasteiger partial charge is 0.484 e. The van der Waals surface area contributed by atoms with Crippen molar-refractivity contribution in [2.75, 3.05) is 11.9 Å². The molecule has 0 aliphatic carbocycles. The summed E-state index contributed by atoms with van der Waals surface area (Å²) in [4.78, 5) is 11.7. The summed E-state index contributed by atoms with van der Waals surface area (Å²) in [5, 5.41) is 6.38. The molecular weight excluding hydrogens is 343 g/mol. The van der Waals surface area contributed by atoms with Gasteiger partial charge in [0, 0.05) is 5.02 Å². The number of thiocarbonyl (C=S) groups is 1. The van der Waals surface area contributed by atoms with Gasteiger partial charge in [0.1, 0.15) is 5.75 Å². The van der Waals surface area contributed by atoms with Gasteiger partial charge in [-0.15, -0.1) is 0 Å². The van der Waals surface area contributed by atoms with Gasteiger partial charge in [0.25, 0.3) is 5.91 Å². The lowest BCUT2D eigenvalue weighted by Gasteiger charge is -2.11. The number of carbonyl (C=O) groups is 1. The molecule has 1 amide bonds. The molecule has 2 aromatic rings. The highest BCUT2D eigenvalue weighted by Crippen LogP contribution is 2.25. The number of benzene rings is 2. The van der Waals surface area contributed by atoms with Gasteiger partial charge in [-0.05, 0) is 42.5 Å². The standard InChI is InChI=1S/C15H12Cl2N2O2S/c16-10-6-7-13(12(17)8-10)18-15(22)19-14(20)9-21-11-4-2-1-3-5-11/h1-8H,9H2,(H2,18,19,20,22).